The minimum Gasteiger partial charge on any atom is -0.374 e. The highest BCUT2D eigenvalue weighted by Gasteiger charge is 2.08. The third kappa shape index (κ3) is 3.91. The van der Waals surface area contributed by atoms with Crippen molar-refractivity contribution in [3.63, 3.8) is 0 Å². The molecule has 0 saturated carbocycles. The van der Waals surface area contributed by atoms with Crippen LogP contribution in [0.5, 0.6) is 0 Å². The third-order valence-electron chi connectivity index (χ3n) is 2.82. The fourth-order valence-corrected chi connectivity index (χ4v) is 2.05. The highest BCUT2D eigenvalue weighted by Crippen LogP contribution is 2.23. The second-order valence-electron chi connectivity index (χ2n) is 4.36. The molecule has 0 radical (unpaired) electrons. The van der Waals surface area contributed by atoms with Crippen LogP contribution >= 0.6 is 11.6 Å². The van der Waals surface area contributed by atoms with Gasteiger partial charge in [0.2, 0.25) is 0 Å². The molecule has 0 atom stereocenters. The second-order valence-corrected chi connectivity index (χ2v) is 4.75. The molecule has 0 unspecified atom stereocenters. The first-order chi connectivity index (χ1) is 10.1. The molecular weight excluding hydrogens is 288 g/mol. The van der Waals surface area contributed by atoms with E-state index in [0.29, 0.717) is 41.3 Å². The van der Waals surface area contributed by atoms with Crippen LogP contribution in [0.3, 0.4) is 0 Å². The average molecular weight is 303 g/mol. The van der Waals surface area contributed by atoms with Gasteiger partial charge in [-0.1, -0.05) is 23.7 Å². The molecule has 0 amide bonds. The average Bonchev–Trinajstić information content (AvgIpc) is 2.45. The number of nitriles is 1. The first-order valence-corrected chi connectivity index (χ1v) is 6.89. The van der Waals surface area contributed by atoms with Crippen LogP contribution in [-0.2, 0) is 11.3 Å². The van der Waals surface area contributed by atoms with Crippen molar-refractivity contribution in [3.8, 4) is 6.07 Å². The number of halogens is 1. The van der Waals surface area contributed by atoms with Gasteiger partial charge in [-0.15, -0.1) is 0 Å². The van der Waals surface area contributed by atoms with E-state index in [1.807, 2.05) is 32.0 Å². The van der Waals surface area contributed by atoms with E-state index in [9.17, 15) is 5.26 Å². The van der Waals surface area contributed by atoms with E-state index in [0.717, 1.165) is 5.56 Å². The molecule has 21 heavy (non-hydrogen) atoms. The Hall–Kier alpha value is -2.16. The number of anilines is 2. The van der Waals surface area contributed by atoms with Crippen LogP contribution < -0.4 is 5.32 Å². The molecule has 1 aromatic heterocycles. The lowest BCUT2D eigenvalue weighted by atomic mass is 10.1. The standard InChI is InChI=1S/C15H15ClN4O/c1-3-21-9-15-19-13(16)7-14(20-15)18-12-6-4-5-10(2)11(12)8-17/h4-7H,3,9H2,1-2H3,(H,18,19,20). The Morgan fingerprint density at radius 3 is 2.90 bits per heavy atom. The Morgan fingerprint density at radius 1 is 1.38 bits per heavy atom. The van der Waals surface area contributed by atoms with E-state index in [1.54, 1.807) is 6.07 Å². The number of hydrogen-bond donors (Lipinski definition) is 1. The molecule has 1 N–H and O–H groups in total. The molecule has 2 rings (SSSR count). The van der Waals surface area contributed by atoms with Crippen molar-refractivity contribution in [2.45, 2.75) is 20.5 Å². The summed E-state index contributed by atoms with van der Waals surface area (Å²) >= 11 is 5.99. The summed E-state index contributed by atoms with van der Waals surface area (Å²) in [7, 11) is 0. The SMILES string of the molecule is CCOCc1nc(Cl)cc(Nc2cccc(C)c2C#N)n1. The molecule has 0 aliphatic heterocycles. The largest absolute Gasteiger partial charge is 0.374 e. The summed E-state index contributed by atoms with van der Waals surface area (Å²) in [6.45, 7) is 4.66. The van der Waals surface area contributed by atoms with Crippen LogP contribution in [0.1, 0.15) is 23.9 Å². The number of aromatic nitrogens is 2. The number of aryl methyl sites for hydroxylation is 1. The van der Waals surface area contributed by atoms with Crippen LogP contribution in [-0.4, -0.2) is 16.6 Å². The molecule has 1 aromatic carbocycles. The molecule has 108 valence electrons. The van der Waals surface area contributed by atoms with Crippen LogP contribution in [0.2, 0.25) is 5.15 Å². The zero-order valence-electron chi connectivity index (χ0n) is 11.9. The van der Waals surface area contributed by atoms with Crippen molar-refractivity contribution in [1.82, 2.24) is 9.97 Å². The van der Waals surface area contributed by atoms with Crippen molar-refractivity contribution in [2.75, 3.05) is 11.9 Å². The Balaban J connectivity index is 2.30. The van der Waals surface area contributed by atoms with Crippen LogP contribution in [0.4, 0.5) is 11.5 Å². The molecule has 0 fully saturated rings. The lowest BCUT2D eigenvalue weighted by molar-refractivity contribution is 0.128. The lowest BCUT2D eigenvalue weighted by Crippen LogP contribution is -2.04. The summed E-state index contributed by atoms with van der Waals surface area (Å²) in [6, 6.07) is 9.38. The van der Waals surface area contributed by atoms with Crippen LogP contribution in [0.25, 0.3) is 0 Å². The van der Waals surface area contributed by atoms with Gasteiger partial charge in [0.15, 0.2) is 5.82 Å². The van der Waals surface area contributed by atoms with Crippen molar-refractivity contribution in [3.05, 3.63) is 46.4 Å². The lowest BCUT2D eigenvalue weighted by Gasteiger charge is -2.10. The number of nitrogens with one attached hydrogen (secondary N) is 1. The van der Waals surface area contributed by atoms with Gasteiger partial charge in [-0.05, 0) is 25.5 Å². The number of rotatable bonds is 5. The van der Waals surface area contributed by atoms with Gasteiger partial charge in [0, 0.05) is 12.7 Å². The number of hydrogen-bond acceptors (Lipinski definition) is 5. The summed E-state index contributed by atoms with van der Waals surface area (Å²) in [5, 5.41) is 12.7. The quantitative estimate of drug-likeness (QED) is 0.855. The summed E-state index contributed by atoms with van der Waals surface area (Å²) in [4.78, 5) is 8.43. The van der Waals surface area contributed by atoms with E-state index in [1.165, 1.54) is 0 Å². The predicted molar refractivity (Wildman–Crippen MR) is 81.5 cm³/mol. The maximum atomic E-state index is 9.23. The number of benzene rings is 1. The van der Waals surface area contributed by atoms with E-state index in [-0.39, 0.29) is 0 Å². The third-order valence-corrected chi connectivity index (χ3v) is 3.02. The summed E-state index contributed by atoms with van der Waals surface area (Å²) in [6.07, 6.45) is 0. The summed E-state index contributed by atoms with van der Waals surface area (Å²) in [5.74, 6) is 1.03. The molecule has 1 heterocycles. The molecule has 0 saturated heterocycles. The predicted octanol–water partition coefficient (Wildman–Crippen LogP) is 3.59. The van der Waals surface area contributed by atoms with Gasteiger partial charge >= 0.3 is 0 Å². The zero-order valence-corrected chi connectivity index (χ0v) is 12.6. The summed E-state index contributed by atoms with van der Waals surface area (Å²) < 4.78 is 5.28. The Morgan fingerprint density at radius 2 is 2.19 bits per heavy atom. The minimum absolute atomic E-state index is 0.296. The highest BCUT2D eigenvalue weighted by atomic mass is 35.5. The van der Waals surface area contributed by atoms with Crippen molar-refractivity contribution >= 4 is 23.1 Å². The maximum Gasteiger partial charge on any atom is 0.158 e. The van der Waals surface area contributed by atoms with Crippen molar-refractivity contribution < 1.29 is 4.74 Å². The minimum atomic E-state index is 0.296. The van der Waals surface area contributed by atoms with Gasteiger partial charge in [0.05, 0.1) is 11.3 Å². The topological polar surface area (TPSA) is 70.8 Å². The number of nitrogens with zero attached hydrogens (tertiary/aromatic N) is 3. The first-order valence-electron chi connectivity index (χ1n) is 6.52. The Labute approximate surface area is 128 Å². The van der Waals surface area contributed by atoms with E-state index < -0.39 is 0 Å². The van der Waals surface area contributed by atoms with Gasteiger partial charge in [-0.25, -0.2) is 9.97 Å². The molecule has 6 heteroatoms. The van der Waals surface area contributed by atoms with E-state index in [2.05, 4.69) is 21.4 Å². The van der Waals surface area contributed by atoms with E-state index in [4.69, 9.17) is 16.3 Å². The Kier molecular flexibility index (Phi) is 5.09. The smallest absolute Gasteiger partial charge is 0.158 e. The van der Waals surface area contributed by atoms with Gasteiger partial charge < -0.3 is 10.1 Å². The molecule has 2 aromatic rings. The maximum absolute atomic E-state index is 9.23. The monoisotopic (exact) mass is 302 g/mol. The fourth-order valence-electron chi connectivity index (χ4n) is 1.84. The fraction of sp³-hybridized carbons (Fsp3) is 0.267. The van der Waals surface area contributed by atoms with Crippen molar-refractivity contribution in [1.29, 1.82) is 5.26 Å². The second kappa shape index (κ2) is 7.02. The zero-order chi connectivity index (χ0) is 15.2. The van der Waals surface area contributed by atoms with E-state index >= 15 is 0 Å². The summed E-state index contributed by atoms with van der Waals surface area (Å²) in [5.41, 5.74) is 2.17. The molecule has 0 bridgehead atoms. The number of ether oxygens (including phenoxy) is 1. The van der Waals surface area contributed by atoms with Gasteiger partial charge in [-0.2, -0.15) is 5.26 Å². The van der Waals surface area contributed by atoms with Gasteiger partial charge in [0.25, 0.3) is 0 Å². The molecule has 5 nitrogen and oxygen atoms in total. The molecular formula is C15H15ClN4O. The first kappa shape index (κ1) is 15.2. The van der Waals surface area contributed by atoms with Crippen LogP contribution in [0, 0.1) is 18.3 Å². The van der Waals surface area contributed by atoms with Gasteiger partial charge in [-0.3, -0.25) is 0 Å². The van der Waals surface area contributed by atoms with Crippen molar-refractivity contribution in [2.24, 2.45) is 0 Å². The van der Waals surface area contributed by atoms with Gasteiger partial charge in [0.1, 0.15) is 23.6 Å². The van der Waals surface area contributed by atoms with Crippen LogP contribution in [0.15, 0.2) is 24.3 Å². The molecule has 0 aliphatic rings. The molecule has 0 spiro atoms. The molecule has 0 aliphatic carbocycles. The highest BCUT2D eigenvalue weighted by molar-refractivity contribution is 6.29. The normalized spacial score (nSPS) is 10.2. The Bertz CT molecular complexity index is 682.